The molecular formula is C63H41NO2. The van der Waals surface area contributed by atoms with Gasteiger partial charge in [0, 0.05) is 44.1 Å². The van der Waals surface area contributed by atoms with Gasteiger partial charge in [0.15, 0.2) is 5.58 Å². The van der Waals surface area contributed by atoms with Crippen LogP contribution in [-0.2, 0) is 5.41 Å². The number of ether oxygens (including phenoxy) is 1. The number of rotatable bonds is 5. The molecule has 2 heterocycles. The number of allylic oxidation sites excluding steroid dienone is 3. The predicted molar refractivity (Wildman–Crippen MR) is 272 cm³/mol. The lowest BCUT2D eigenvalue weighted by Gasteiger charge is -2.40. The van der Waals surface area contributed by atoms with E-state index < -0.39 is 5.41 Å². The van der Waals surface area contributed by atoms with Gasteiger partial charge in [-0.05, 0) is 105 Å². The highest BCUT2D eigenvalue weighted by atomic mass is 16.5. The summed E-state index contributed by atoms with van der Waals surface area (Å²) in [5.41, 5.74) is 16.5. The second-order valence-corrected chi connectivity index (χ2v) is 17.8. The molecule has 3 heteroatoms. The van der Waals surface area contributed by atoms with Crippen molar-refractivity contribution in [2.24, 2.45) is 0 Å². The van der Waals surface area contributed by atoms with Crippen molar-refractivity contribution in [2.75, 3.05) is 4.90 Å². The summed E-state index contributed by atoms with van der Waals surface area (Å²) in [5, 5.41) is 6.77. The Morgan fingerprint density at radius 1 is 0.439 bits per heavy atom. The summed E-state index contributed by atoms with van der Waals surface area (Å²) in [6.45, 7) is 0. The number of fused-ring (bicyclic) bond motifs is 16. The first-order valence-corrected chi connectivity index (χ1v) is 23.0. The van der Waals surface area contributed by atoms with E-state index in [0.717, 1.165) is 90.5 Å². The number of anilines is 2. The average molecular weight is 844 g/mol. The summed E-state index contributed by atoms with van der Waals surface area (Å²) < 4.78 is 14.1. The monoisotopic (exact) mass is 843 g/mol. The fourth-order valence-corrected chi connectivity index (χ4v) is 11.5. The van der Waals surface area contributed by atoms with Crippen molar-refractivity contribution in [1.29, 1.82) is 0 Å². The molecule has 11 aromatic rings. The van der Waals surface area contributed by atoms with E-state index in [2.05, 4.69) is 229 Å². The standard InChI is InChI=1S/C63H41NO2/c1-2-16-40(17-3-1)43-20-14-21-45(38-43)64(58-30-15-27-52-51-26-10-13-31-59(51)65-62(52)58)57-29-12-9-22-46(57)44-32-35-50-49-25-8-11-28-53(49)63(56(50)39-44)54-36-33-41-18-4-6-23-47(41)60(54)66-61-48-24-7-5-19-42(48)34-37-55(61)63/h1-8,10-21,23-39H,9,22H2. The fourth-order valence-electron chi connectivity index (χ4n) is 11.5. The number of furan rings is 1. The Hall–Kier alpha value is -8.40. The van der Waals surface area contributed by atoms with E-state index >= 15 is 0 Å². The van der Waals surface area contributed by atoms with Crippen LogP contribution in [0.3, 0.4) is 0 Å². The van der Waals surface area contributed by atoms with Gasteiger partial charge < -0.3 is 14.1 Å². The van der Waals surface area contributed by atoms with Crippen molar-refractivity contribution in [2.45, 2.75) is 18.3 Å². The molecule has 0 saturated heterocycles. The maximum atomic E-state index is 7.28. The molecule has 2 aliphatic carbocycles. The van der Waals surface area contributed by atoms with Crippen molar-refractivity contribution in [3.8, 4) is 33.8 Å². The highest BCUT2D eigenvalue weighted by Gasteiger charge is 2.52. The van der Waals surface area contributed by atoms with Crippen LogP contribution in [0.2, 0.25) is 0 Å². The first-order valence-electron chi connectivity index (χ1n) is 23.0. The zero-order chi connectivity index (χ0) is 43.3. The molecule has 3 nitrogen and oxygen atoms in total. The first-order chi connectivity index (χ1) is 32.7. The molecule has 0 fully saturated rings. The van der Waals surface area contributed by atoms with E-state index in [1.165, 1.54) is 50.1 Å². The molecule has 3 aliphatic rings. The van der Waals surface area contributed by atoms with Crippen LogP contribution in [0.1, 0.15) is 40.7 Å². The highest BCUT2D eigenvalue weighted by molar-refractivity contribution is 6.10. The third-order valence-electron chi connectivity index (χ3n) is 14.4. The minimum absolute atomic E-state index is 0.645. The van der Waals surface area contributed by atoms with E-state index in [1.54, 1.807) is 0 Å². The van der Waals surface area contributed by atoms with Crippen LogP contribution in [0.5, 0.6) is 11.5 Å². The van der Waals surface area contributed by atoms with E-state index in [0.29, 0.717) is 0 Å². The van der Waals surface area contributed by atoms with Gasteiger partial charge in [-0.3, -0.25) is 0 Å². The number of nitrogens with zero attached hydrogens (tertiary/aromatic N) is 1. The van der Waals surface area contributed by atoms with Gasteiger partial charge in [-0.1, -0.05) is 188 Å². The van der Waals surface area contributed by atoms with Gasteiger partial charge in [0.25, 0.3) is 0 Å². The lowest BCUT2D eigenvalue weighted by atomic mass is 9.65. The smallest absolute Gasteiger partial charge is 0.159 e. The fraction of sp³-hybridized carbons (Fsp3) is 0.0476. The zero-order valence-electron chi connectivity index (χ0n) is 36.0. The molecule has 0 amide bonds. The third kappa shape index (κ3) is 5.26. The molecule has 14 rings (SSSR count). The Kier molecular flexibility index (Phi) is 8.02. The predicted octanol–water partition coefficient (Wildman–Crippen LogP) is 16.9. The normalized spacial score (nSPS) is 14.4. The zero-order valence-corrected chi connectivity index (χ0v) is 36.0. The number of hydrogen-bond acceptors (Lipinski definition) is 3. The first kappa shape index (κ1) is 37.0. The largest absolute Gasteiger partial charge is 0.455 e. The lowest BCUT2D eigenvalue weighted by Crippen LogP contribution is -2.32. The van der Waals surface area contributed by atoms with Crippen LogP contribution in [0.15, 0.2) is 235 Å². The van der Waals surface area contributed by atoms with Crippen LogP contribution in [0.25, 0.3) is 71.3 Å². The van der Waals surface area contributed by atoms with Crippen LogP contribution >= 0.6 is 0 Å². The molecule has 10 aromatic carbocycles. The molecule has 0 atom stereocenters. The summed E-state index contributed by atoms with van der Waals surface area (Å²) in [5.74, 6) is 1.85. The second-order valence-electron chi connectivity index (χ2n) is 17.8. The molecular weight excluding hydrogens is 803 g/mol. The summed E-state index contributed by atoms with van der Waals surface area (Å²) in [4.78, 5) is 2.44. The molecule has 1 spiro atoms. The molecule has 0 bridgehead atoms. The van der Waals surface area contributed by atoms with E-state index in [-0.39, 0.29) is 0 Å². The Morgan fingerprint density at radius 2 is 1.09 bits per heavy atom. The molecule has 66 heavy (non-hydrogen) atoms. The SMILES string of the molecule is C1=CC(N(c2cccc(-c3ccccc3)c2)c2cccc3c2oc2ccccc23)=C(c2ccc3c(c2)C2(c4ccccc4-3)c3ccc4ccccc4c3Oc3c2ccc2ccccc32)CC1. The van der Waals surface area contributed by atoms with E-state index in [1.807, 2.05) is 0 Å². The number of hydrogen-bond donors (Lipinski definition) is 0. The summed E-state index contributed by atoms with van der Waals surface area (Å²) in [6, 6.07) is 77.4. The van der Waals surface area contributed by atoms with E-state index in [9.17, 15) is 0 Å². The van der Waals surface area contributed by atoms with Crippen LogP contribution in [-0.4, -0.2) is 0 Å². The number of para-hydroxylation sites is 2. The molecule has 0 N–H and O–H groups in total. The van der Waals surface area contributed by atoms with Crippen molar-refractivity contribution in [3.05, 3.63) is 258 Å². The van der Waals surface area contributed by atoms with Crippen LogP contribution < -0.4 is 9.64 Å². The Morgan fingerprint density at radius 3 is 1.89 bits per heavy atom. The highest BCUT2D eigenvalue weighted by Crippen LogP contribution is 2.64. The van der Waals surface area contributed by atoms with Crippen LogP contribution in [0, 0.1) is 0 Å². The average Bonchev–Trinajstić information content (AvgIpc) is 3.91. The van der Waals surface area contributed by atoms with Crippen molar-refractivity contribution < 1.29 is 9.15 Å². The minimum Gasteiger partial charge on any atom is -0.455 e. The summed E-state index contributed by atoms with van der Waals surface area (Å²) in [6.07, 6.45) is 6.48. The molecule has 1 aliphatic heterocycles. The van der Waals surface area contributed by atoms with Crippen LogP contribution in [0.4, 0.5) is 11.4 Å². The van der Waals surface area contributed by atoms with Gasteiger partial charge in [0.2, 0.25) is 0 Å². The van der Waals surface area contributed by atoms with E-state index in [4.69, 9.17) is 9.15 Å². The molecule has 1 aromatic heterocycles. The lowest BCUT2D eigenvalue weighted by molar-refractivity contribution is 0.447. The number of benzene rings is 10. The quantitative estimate of drug-likeness (QED) is 0.173. The van der Waals surface area contributed by atoms with Crippen molar-refractivity contribution in [1.82, 2.24) is 0 Å². The van der Waals surface area contributed by atoms with Gasteiger partial charge in [-0.15, -0.1) is 0 Å². The van der Waals surface area contributed by atoms with Gasteiger partial charge in [0.05, 0.1) is 11.1 Å². The maximum absolute atomic E-state index is 7.28. The second kappa shape index (κ2) is 14.3. The molecule has 0 radical (unpaired) electrons. The van der Waals surface area contributed by atoms with Gasteiger partial charge in [0.1, 0.15) is 17.1 Å². The molecule has 310 valence electrons. The molecule has 0 saturated carbocycles. The van der Waals surface area contributed by atoms with Crippen molar-refractivity contribution >= 4 is 60.4 Å². The van der Waals surface area contributed by atoms with Gasteiger partial charge in [-0.25, -0.2) is 0 Å². The van der Waals surface area contributed by atoms with Gasteiger partial charge >= 0.3 is 0 Å². The Balaban J connectivity index is 1.05. The van der Waals surface area contributed by atoms with Gasteiger partial charge in [-0.2, -0.15) is 0 Å². The minimum atomic E-state index is -0.645. The third-order valence-corrected chi connectivity index (χ3v) is 14.4. The summed E-state index contributed by atoms with van der Waals surface area (Å²) >= 11 is 0. The topological polar surface area (TPSA) is 25.6 Å². The maximum Gasteiger partial charge on any atom is 0.159 e. The van der Waals surface area contributed by atoms with Crippen molar-refractivity contribution in [3.63, 3.8) is 0 Å². The Labute approximate surface area is 382 Å². The molecule has 0 unspecified atom stereocenters. The Bertz CT molecular complexity index is 3780. The summed E-state index contributed by atoms with van der Waals surface area (Å²) in [7, 11) is 0.